The fourth-order valence-corrected chi connectivity index (χ4v) is 2.57. The maximum atomic E-state index is 12.3. The van der Waals surface area contributed by atoms with E-state index in [0.29, 0.717) is 12.5 Å². The highest BCUT2D eigenvalue weighted by Gasteiger charge is 2.22. The van der Waals surface area contributed by atoms with Crippen molar-refractivity contribution < 1.29 is 9.53 Å². The number of carbonyl (C=O) groups excluding carboxylic acids is 1. The van der Waals surface area contributed by atoms with Crippen LogP contribution in [0.5, 0.6) is 0 Å². The summed E-state index contributed by atoms with van der Waals surface area (Å²) in [5, 5.41) is 0. The number of amides is 1. The minimum atomic E-state index is -0.110. The summed E-state index contributed by atoms with van der Waals surface area (Å²) in [6, 6.07) is 6.21. The van der Waals surface area contributed by atoms with E-state index < -0.39 is 0 Å². The van der Waals surface area contributed by atoms with Gasteiger partial charge in [0.1, 0.15) is 12.6 Å². The SMILES string of the molecule is CCCCOCN(C(=O)CCl)c1c(CC)cccc1C(C)C. The fraction of sp³-hybridized carbons (Fsp3) is 0.611. The van der Waals surface area contributed by atoms with Crippen LogP contribution in [0.15, 0.2) is 18.2 Å². The van der Waals surface area contributed by atoms with Crippen LogP contribution in [0.1, 0.15) is 57.6 Å². The number of ether oxygens (including phenoxy) is 1. The summed E-state index contributed by atoms with van der Waals surface area (Å²) in [6.07, 6.45) is 2.94. The number of nitrogens with zero attached hydrogens (tertiary/aromatic N) is 1. The molecule has 1 aromatic carbocycles. The second-order valence-electron chi connectivity index (χ2n) is 5.71. The van der Waals surface area contributed by atoms with Crippen LogP contribution in [0.3, 0.4) is 0 Å². The van der Waals surface area contributed by atoms with Crippen molar-refractivity contribution in [1.29, 1.82) is 0 Å². The molecule has 0 aromatic heterocycles. The Balaban J connectivity index is 3.14. The van der Waals surface area contributed by atoms with Gasteiger partial charge in [0.2, 0.25) is 5.91 Å². The Bertz CT molecular complexity index is 474. The highest BCUT2D eigenvalue weighted by Crippen LogP contribution is 2.32. The number of benzene rings is 1. The number of hydrogen-bond acceptors (Lipinski definition) is 2. The van der Waals surface area contributed by atoms with Crippen LogP contribution in [0, 0.1) is 0 Å². The monoisotopic (exact) mass is 325 g/mol. The molecule has 0 unspecified atom stereocenters. The van der Waals surface area contributed by atoms with Crippen LogP contribution < -0.4 is 4.90 Å². The highest BCUT2D eigenvalue weighted by atomic mass is 35.5. The summed E-state index contributed by atoms with van der Waals surface area (Å²) >= 11 is 5.82. The molecule has 0 radical (unpaired) electrons. The van der Waals surface area contributed by atoms with E-state index in [9.17, 15) is 4.79 Å². The highest BCUT2D eigenvalue weighted by molar-refractivity contribution is 6.29. The van der Waals surface area contributed by atoms with Gasteiger partial charge in [-0.1, -0.05) is 52.3 Å². The summed E-state index contributed by atoms with van der Waals surface area (Å²) < 4.78 is 5.69. The summed E-state index contributed by atoms with van der Waals surface area (Å²) in [7, 11) is 0. The molecule has 1 amide bonds. The van der Waals surface area contributed by atoms with Gasteiger partial charge in [0.25, 0.3) is 0 Å². The van der Waals surface area contributed by atoms with Crippen LogP contribution in [0.25, 0.3) is 0 Å². The lowest BCUT2D eigenvalue weighted by Crippen LogP contribution is -2.36. The van der Waals surface area contributed by atoms with E-state index in [1.807, 2.05) is 0 Å². The molecule has 1 aromatic rings. The first-order chi connectivity index (χ1) is 10.6. The van der Waals surface area contributed by atoms with Gasteiger partial charge >= 0.3 is 0 Å². The lowest BCUT2D eigenvalue weighted by molar-refractivity contribution is -0.117. The third-order valence-electron chi connectivity index (χ3n) is 3.70. The summed E-state index contributed by atoms with van der Waals surface area (Å²) in [6.45, 7) is 9.42. The van der Waals surface area contributed by atoms with Crippen LogP contribution in [-0.2, 0) is 16.0 Å². The van der Waals surface area contributed by atoms with E-state index in [0.717, 1.165) is 36.1 Å². The lowest BCUT2D eigenvalue weighted by Gasteiger charge is -2.28. The third kappa shape index (κ3) is 4.99. The Morgan fingerprint density at radius 3 is 2.59 bits per heavy atom. The molecule has 0 atom stereocenters. The number of rotatable bonds is 9. The van der Waals surface area contributed by atoms with Gasteiger partial charge in [-0.15, -0.1) is 11.6 Å². The molecular weight excluding hydrogens is 298 g/mol. The molecule has 0 aliphatic rings. The van der Waals surface area contributed by atoms with Gasteiger partial charge in [0.15, 0.2) is 0 Å². The van der Waals surface area contributed by atoms with Crippen molar-refractivity contribution in [3.05, 3.63) is 29.3 Å². The maximum absolute atomic E-state index is 12.3. The molecule has 0 fully saturated rings. The first kappa shape index (κ1) is 19.0. The van der Waals surface area contributed by atoms with Gasteiger partial charge in [-0.25, -0.2) is 0 Å². The van der Waals surface area contributed by atoms with E-state index in [1.165, 1.54) is 0 Å². The zero-order valence-electron chi connectivity index (χ0n) is 14.2. The summed E-state index contributed by atoms with van der Waals surface area (Å²) in [5.41, 5.74) is 3.29. The molecule has 0 spiro atoms. The van der Waals surface area contributed by atoms with Crippen molar-refractivity contribution in [3.63, 3.8) is 0 Å². The quantitative estimate of drug-likeness (QED) is 0.373. The number of hydrogen-bond donors (Lipinski definition) is 0. The molecule has 4 heteroatoms. The number of unbranched alkanes of at least 4 members (excludes halogenated alkanes) is 1. The number of alkyl halides is 1. The van der Waals surface area contributed by atoms with Gasteiger partial charge in [-0.3, -0.25) is 9.69 Å². The van der Waals surface area contributed by atoms with Crippen molar-refractivity contribution in [3.8, 4) is 0 Å². The first-order valence-electron chi connectivity index (χ1n) is 8.12. The largest absolute Gasteiger partial charge is 0.361 e. The topological polar surface area (TPSA) is 29.5 Å². The van der Waals surface area contributed by atoms with Crippen LogP contribution in [0.4, 0.5) is 5.69 Å². The molecule has 0 saturated carbocycles. The van der Waals surface area contributed by atoms with Gasteiger partial charge in [0.05, 0.1) is 5.69 Å². The number of halogens is 1. The molecule has 0 aliphatic carbocycles. The molecule has 22 heavy (non-hydrogen) atoms. The van der Waals surface area contributed by atoms with Crippen molar-refractivity contribution in [1.82, 2.24) is 0 Å². The summed E-state index contributed by atoms with van der Waals surface area (Å²) in [4.78, 5) is 14.0. The van der Waals surface area contributed by atoms with Crippen LogP contribution in [0.2, 0.25) is 0 Å². The molecule has 0 bridgehead atoms. The lowest BCUT2D eigenvalue weighted by atomic mass is 9.96. The van der Waals surface area contributed by atoms with E-state index in [1.54, 1.807) is 4.90 Å². The standard InChI is InChI=1S/C18H28ClNO2/c1-5-7-11-22-13-20(17(21)12-19)18-15(6-2)9-8-10-16(18)14(3)4/h8-10,14H,5-7,11-13H2,1-4H3. The predicted molar refractivity (Wildman–Crippen MR) is 93.8 cm³/mol. The average Bonchev–Trinajstić information content (AvgIpc) is 2.53. The molecule has 3 nitrogen and oxygen atoms in total. The molecule has 0 aliphatic heterocycles. The van der Waals surface area contributed by atoms with Gasteiger partial charge in [-0.05, 0) is 29.9 Å². The molecule has 1 rings (SSSR count). The predicted octanol–water partition coefficient (Wildman–Crippen LogP) is 4.72. The normalized spacial score (nSPS) is 11.0. The Kier molecular flexibility index (Phi) is 8.51. The van der Waals surface area contributed by atoms with Crippen LogP contribution >= 0.6 is 11.6 Å². The smallest absolute Gasteiger partial charge is 0.243 e. The Morgan fingerprint density at radius 2 is 2.05 bits per heavy atom. The van der Waals surface area contributed by atoms with E-state index in [4.69, 9.17) is 16.3 Å². The van der Waals surface area contributed by atoms with Crippen molar-refractivity contribution in [2.24, 2.45) is 0 Å². The zero-order chi connectivity index (χ0) is 16.5. The zero-order valence-corrected chi connectivity index (χ0v) is 14.9. The number of anilines is 1. The Hall–Kier alpha value is -1.06. The van der Waals surface area contributed by atoms with Gasteiger partial charge in [-0.2, -0.15) is 0 Å². The van der Waals surface area contributed by atoms with Gasteiger partial charge in [0, 0.05) is 6.61 Å². The minimum absolute atomic E-state index is 0.0350. The molecule has 0 heterocycles. The first-order valence-corrected chi connectivity index (χ1v) is 8.66. The fourth-order valence-electron chi connectivity index (χ4n) is 2.43. The number of carbonyl (C=O) groups is 1. The average molecular weight is 326 g/mol. The summed E-state index contributed by atoms with van der Waals surface area (Å²) in [5.74, 6) is 0.191. The molecular formula is C18H28ClNO2. The molecule has 0 saturated heterocycles. The van der Waals surface area contributed by atoms with Crippen molar-refractivity contribution in [2.45, 2.75) is 52.9 Å². The Labute approximate surface area is 139 Å². The van der Waals surface area contributed by atoms with Gasteiger partial charge < -0.3 is 4.74 Å². The van der Waals surface area contributed by atoms with E-state index >= 15 is 0 Å². The van der Waals surface area contributed by atoms with E-state index in [-0.39, 0.29) is 18.5 Å². The number of aryl methyl sites for hydroxylation is 1. The number of para-hydroxylation sites is 1. The second-order valence-corrected chi connectivity index (χ2v) is 5.98. The van der Waals surface area contributed by atoms with Crippen molar-refractivity contribution >= 4 is 23.2 Å². The molecule has 0 N–H and O–H groups in total. The maximum Gasteiger partial charge on any atom is 0.243 e. The third-order valence-corrected chi connectivity index (χ3v) is 3.93. The molecule has 124 valence electrons. The minimum Gasteiger partial charge on any atom is -0.361 e. The van der Waals surface area contributed by atoms with Crippen LogP contribution in [-0.4, -0.2) is 25.1 Å². The van der Waals surface area contributed by atoms with Crippen molar-refractivity contribution in [2.75, 3.05) is 24.1 Å². The van der Waals surface area contributed by atoms with E-state index in [2.05, 4.69) is 45.9 Å². The Morgan fingerprint density at radius 1 is 1.32 bits per heavy atom. The second kappa shape index (κ2) is 9.86.